The fourth-order valence-electron chi connectivity index (χ4n) is 3.29. The zero-order chi connectivity index (χ0) is 19.6. The Morgan fingerprint density at radius 3 is 2.37 bits per heavy atom. The van der Waals surface area contributed by atoms with Gasteiger partial charge in [0.15, 0.2) is 0 Å². The Morgan fingerprint density at radius 1 is 1.19 bits per heavy atom. The van der Waals surface area contributed by atoms with Crippen LogP contribution in [-0.4, -0.2) is 31.7 Å². The molecule has 0 spiro atoms. The number of piperidine rings is 1. The Morgan fingerprint density at radius 2 is 1.81 bits per heavy atom. The minimum atomic E-state index is -3.50. The molecule has 1 aromatic carbocycles. The van der Waals surface area contributed by atoms with Gasteiger partial charge in [0.1, 0.15) is 4.21 Å². The summed E-state index contributed by atoms with van der Waals surface area (Å²) in [5.74, 6) is -0.0358. The SMILES string of the molecule is Cc1ccc(NC(=O)C(C)C2CCN(S(=O)(=O)c3ccc(Cl)s3)CC2)cc1. The van der Waals surface area contributed by atoms with Crippen molar-refractivity contribution in [3.63, 3.8) is 0 Å². The highest BCUT2D eigenvalue weighted by Gasteiger charge is 2.34. The number of aryl methyl sites for hydroxylation is 1. The molecule has 1 unspecified atom stereocenters. The Hall–Kier alpha value is -1.41. The number of amides is 1. The van der Waals surface area contributed by atoms with E-state index in [0.29, 0.717) is 30.3 Å². The van der Waals surface area contributed by atoms with Gasteiger partial charge in [-0.05, 0) is 49.9 Å². The highest BCUT2D eigenvalue weighted by Crippen LogP contribution is 2.32. The van der Waals surface area contributed by atoms with Crippen molar-refractivity contribution in [2.24, 2.45) is 11.8 Å². The molecule has 0 saturated carbocycles. The van der Waals surface area contributed by atoms with Crippen LogP contribution < -0.4 is 5.32 Å². The summed E-state index contributed by atoms with van der Waals surface area (Å²) in [7, 11) is -3.50. The van der Waals surface area contributed by atoms with Crippen molar-refractivity contribution in [3.8, 4) is 0 Å². The second kappa shape index (κ2) is 8.31. The number of hydrogen-bond acceptors (Lipinski definition) is 4. The third kappa shape index (κ3) is 4.71. The van der Waals surface area contributed by atoms with Gasteiger partial charge < -0.3 is 5.32 Å². The second-order valence-corrected chi connectivity index (χ2v) is 10.8. The molecular weight excluding hydrogens is 404 g/mol. The van der Waals surface area contributed by atoms with E-state index >= 15 is 0 Å². The van der Waals surface area contributed by atoms with E-state index in [9.17, 15) is 13.2 Å². The summed E-state index contributed by atoms with van der Waals surface area (Å²) in [4.78, 5) is 12.5. The van der Waals surface area contributed by atoms with Gasteiger partial charge in [0.05, 0.1) is 4.34 Å². The molecule has 0 aliphatic carbocycles. The number of rotatable bonds is 5. The van der Waals surface area contributed by atoms with Gasteiger partial charge >= 0.3 is 0 Å². The third-order valence-corrected chi connectivity index (χ3v) is 8.68. The zero-order valence-corrected chi connectivity index (χ0v) is 17.7. The lowest BCUT2D eigenvalue weighted by atomic mass is 9.85. The molecule has 1 aromatic heterocycles. The van der Waals surface area contributed by atoms with Crippen molar-refractivity contribution in [1.82, 2.24) is 4.31 Å². The Bertz CT molecular complexity index is 901. The van der Waals surface area contributed by atoms with Gasteiger partial charge in [-0.1, -0.05) is 36.2 Å². The first-order valence-electron chi connectivity index (χ1n) is 8.90. The maximum atomic E-state index is 12.7. The van der Waals surface area contributed by atoms with Crippen molar-refractivity contribution in [2.45, 2.75) is 30.9 Å². The standard InChI is InChI=1S/C19H23ClN2O3S2/c1-13-3-5-16(6-4-13)21-19(23)14(2)15-9-11-22(12-10-15)27(24,25)18-8-7-17(20)26-18/h3-8,14-15H,9-12H2,1-2H3,(H,21,23). The van der Waals surface area contributed by atoms with Crippen molar-refractivity contribution in [1.29, 1.82) is 0 Å². The number of benzene rings is 1. The Labute approximate surface area is 169 Å². The number of nitrogens with one attached hydrogen (secondary N) is 1. The number of sulfonamides is 1. The largest absolute Gasteiger partial charge is 0.326 e. The molecule has 146 valence electrons. The van der Waals surface area contributed by atoms with Crippen LogP contribution in [0.4, 0.5) is 5.69 Å². The fourth-order valence-corrected chi connectivity index (χ4v) is 6.39. The molecule has 8 heteroatoms. The van der Waals surface area contributed by atoms with E-state index in [1.165, 1.54) is 4.31 Å². The Balaban J connectivity index is 1.58. The lowest BCUT2D eigenvalue weighted by molar-refractivity contribution is -0.121. The first kappa shape index (κ1) is 20.3. The number of carbonyl (C=O) groups is 1. The molecular formula is C19H23ClN2O3S2. The summed E-state index contributed by atoms with van der Waals surface area (Å²) in [6, 6.07) is 10.8. The average molecular weight is 427 g/mol. The summed E-state index contributed by atoms with van der Waals surface area (Å²) < 4.78 is 27.6. The summed E-state index contributed by atoms with van der Waals surface area (Å²) in [6.45, 7) is 4.76. The molecule has 27 heavy (non-hydrogen) atoms. The monoisotopic (exact) mass is 426 g/mol. The topological polar surface area (TPSA) is 66.5 Å². The lowest BCUT2D eigenvalue weighted by Crippen LogP contribution is -2.41. The van der Waals surface area contributed by atoms with E-state index in [1.807, 2.05) is 38.1 Å². The van der Waals surface area contributed by atoms with Crippen LogP contribution in [0.3, 0.4) is 0 Å². The summed E-state index contributed by atoms with van der Waals surface area (Å²) >= 11 is 6.95. The molecule has 1 saturated heterocycles. The quantitative estimate of drug-likeness (QED) is 0.771. The number of carbonyl (C=O) groups excluding carboxylic acids is 1. The van der Waals surface area contributed by atoms with Gasteiger partial charge in [-0.25, -0.2) is 8.42 Å². The molecule has 0 radical (unpaired) electrons. The molecule has 2 aromatic rings. The van der Waals surface area contributed by atoms with Gasteiger partial charge in [-0.2, -0.15) is 4.31 Å². The van der Waals surface area contributed by atoms with Crippen LogP contribution in [0, 0.1) is 18.8 Å². The fraction of sp³-hybridized carbons (Fsp3) is 0.421. The van der Waals surface area contributed by atoms with Crippen LogP contribution in [0.2, 0.25) is 4.34 Å². The zero-order valence-electron chi connectivity index (χ0n) is 15.3. The Kier molecular flexibility index (Phi) is 6.25. The molecule has 2 heterocycles. The number of thiophene rings is 1. The van der Waals surface area contributed by atoms with E-state index in [1.54, 1.807) is 12.1 Å². The summed E-state index contributed by atoms with van der Waals surface area (Å²) in [5.41, 5.74) is 1.92. The minimum Gasteiger partial charge on any atom is -0.326 e. The van der Waals surface area contributed by atoms with Crippen molar-refractivity contribution in [3.05, 3.63) is 46.3 Å². The van der Waals surface area contributed by atoms with Gasteiger partial charge in [0, 0.05) is 24.7 Å². The van der Waals surface area contributed by atoms with Crippen LogP contribution in [0.1, 0.15) is 25.3 Å². The average Bonchev–Trinajstić information content (AvgIpc) is 3.10. The van der Waals surface area contributed by atoms with Gasteiger partial charge in [0.2, 0.25) is 5.91 Å². The maximum Gasteiger partial charge on any atom is 0.252 e. The van der Waals surface area contributed by atoms with E-state index in [0.717, 1.165) is 22.6 Å². The van der Waals surface area contributed by atoms with Gasteiger partial charge in [0.25, 0.3) is 10.0 Å². The van der Waals surface area contributed by atoms with Crippen molar-refractivity contribution in [2.75, 3.05) is 18.4 Å². The van der Waals surface area contributed by atoms with Crippen molar-refractivity contribution >= 4 is 44.6 Å². The normalized spacial score (nSPS) is 17.6. The highest BCUT2D eigenvalue weighted by atomic mass is 35.5. The summed E-state index contributed by atoms with van der Waals surface area (Å²) in [6.07, 6.45) is 1.33. The number of anilines is 1. The minimum absolute atomic E-state index is 0.0230. The van der Waals surface area contributed by atoms with Crippen LogP contribution in [-0.2, 0) is 14.8 Å². The molecule has 1 amide bonds. The molecule has 1 fully saturated rings. The molecule has 5 nitrogen and oxygen atoms in total. The molecule has 1 aliphatic heterocycles. The van der Waals surface area contributed by atoms with Crippen molar-refractivity contribution < 1.29 is 13.2 Å². The first-order valence-corrected chi connectivity index (χ1v) is 11.5. The van der Waals surface area contributed by atoms with E-state index in [2.05, 4.69) is 5.32 Å². The molecule has 0 bridgehead atoms. The van der Waals surface area contributed by atoms with Gasteiger partial charge in [-0.3, -0.25) is 4.79 Å². The van der Waals surface area contributed by atoms with E-state index in [4.69, 9.17) is 11.6 Å². The predicted octanol–water partition coefficient (Wildman–Crippen LogP) is 4.39. The van der Waals surface area contributed by atoms with Crippen LogP contribution in [0.15, 0.2) is 40.6 Å². The first-order chi connectivity index (χ1) is 12.8. The van der Waals surface area contributed by atoms with Crippen LogP contribution in [0.25, 0.3) is 0 Å². The van der Waals surface area contributed by atoms with Crippen LogP contribution in [0.5, 0.6) is 0 Å². The molecule has 1 atom stereocenters. The molecule has 1 N–H and O–H groups in total. The predicted molar refractivity (Wildman–Crippen MR) is 110 cm³/mol. The van der Waals surface area contributed by atoms with E-state index < -0.39 is 10.0 Å². The third-order valence-electron chi connectivity index (χ3n) is 5.08. The number of hydrogen-bond donors (Lipinski definition) is 1. The lowest BCUT2D eigenvalue weighted by Gasteiger charge is -2.33. The smallest absolute Gasteiger partial charge is 0.252 e. The number of halogens is 1. The summed E-state index contributed by atoms with van der Waals surface area (Å²) in [5, 5.41) is 2.95. The van der Waals surface area contributed by atoms with Gasteiger partial charge in [-0.15, -0.1) is 11.3 Å². The molecule has 1 aliphatic rings. The number of nitrogens with zero attached hydrogens (tertiary/aromatic N) is 1. The second-order valence-electron chi connectivity index (χ2n) is 6.94. The van der Waals surface area contributed by atoms with Crippen LogP contribution >= 0.6 is 22.9 Å². The maximum absolute atomic E-state index is 12.7. The van der Waals surface area contributed by atoms with E-state index in [-0.39, 0.29) is 22.0 Å². The molecule has 3 rings (SSSR count). The highest BCUT2D eigenvalue weighted by molar-refractivity contribution is 7.91.